The molecule has 11 heteroatoms. The third-order valence-corrected chi connectivity index (χ3v) is 6.37. The Kier molecular flexibility index (Phi) is 6.65. The lowest BCUT2D eigenvalue weighted by molar-refractivity contribution is 0.0810. The van der Waals surface area contributed by atoms with Crippen molar-refractivity contribution in [2.45, 2.75) is 37.2 Å². The number of anilines is 1. The van der Waals surface area contributed by atoms with Crippen LogP contribution in [0.4, 0.5) is 13.9 Å². The number of nitrogens with one attached hydrogen (secondary N) is 1. The largest absolute Gasteiger partial charge is 0.488 e. The van der Waals surface area contributed by atoms with E-state index in [1.165, 1.54) is 36.7 Å². The van der Waals surface area contributed by atoms with E-state index in [9.17, 15) is 22.0 Å². The van der Waals surface area contributed by atoms with E-state index in [1.807, 2.05) is 0 Å². The van der Waals surface area contributed by atoms with Crippen LogP contribution in [-0.2, 0) is 10.0 Å². The highest BCUT2D eigenvalue weighted by molar-refractivity contribution is 7.93. The first kappa shape index (κ1) is 22.8. The van der Waals surface area contributed by atoms with Crippen LogP contribution in [0.2, 0.25) is 0 Å². The van der Waals surface area contributed by atoms with Crippen molar-refractivity contribution in [2.75, 3.05) is 4.72 Å². The Morgan fingerprint density at radius 2 is 1.87 bits per heavy atom. The molecule has 164 valence electrons. The lowest BCUT2D eigenvalue weighted by Crippen LogP contribution is -2.29. The van der Waals surface area contributed by atoms with E-state index in [4.69, 9.17) is 4.74 Å². The van der Waals surface area contributed by atoms with Gasteiger partial charge < -0.3 is 4.74 Å². The molecule has 7 nitrogen and oxygen atoms in total. The molecule has 0 spiro atoms. The fourth-order valence-electron chi connectivity index (χ4n) is 2.71. The maximum absolute atomic E-state index is 14.5. The van der Waals surface area contributed by atoms with Crippen LogP contribution in [0.15, 0.2) is 53.7 Å². The molecule has 31 heavy (non-hydrogen) atoms. The summed E-state index contributed by atoms with van der Waals surface area (Å²) in [6, 6.07) is 8.71. The summed E-state index contributed by atoms with van der Waals surface area (Å²) in [5, 5.41) is 0.00272. The van der Waals surface area contributed by atoms with Gasteiger partial charge in [-0.1, -0.05) is 0 Å². The van der Waals surface area contributed by atoms with Gasteiger partial charge in [-0.15, -0.1) is 0 Å². The normalized spacial score (nSPS) is 11.9. The molecule has 0 aliphatic rings. The second-order valence-electron chi connectivity index (χ2n) is 7.24. The summed E-state index contributed by atoms with van der Waals surface area (Å²) >= 11 is 0.810. The third kappa shape index (κ3) is 6.05. The zero-order valence-electron chi connectivity index (χ0n) is 16.6. The van der Waals surface area contributed by atoms with Gasteiger partial charge in [-0.3, -0.25) is 9.52 Å². The van der Waals surface area contributed by atoms with Gasteiger partial charge in [-0.05, 0) is 62.7 Å². The third-order valence-electron chi connectivity index (χ3n) is 4.29. The Morgan fingerprint density at radius 1 is 1.16 bits per heavy atom. The molecular weight excluding hydrogens is 448 g/mol. The first-order valence-electron chi connectivity index (χ1n) is 9.13. The molecule has 3 rings (SSSR count). The maximum atomic E-state index is 14.5. The summed E-state index contributed by atoms with van der Waals surface area (Å²) in [6.45, 7) is 3.55. The fourth-order valence-corrected chi connectivity index (χ4v) is 4.43. The average molecular weight is 468 g/mol. The van der Waals surface area contributed by atoms with Crippen molar-refractivity contribution in [1.82, 2.24) is 9.36 Å². The quantitative estimate of drug-likeness (QED) is 0.467. The molecule has 0 aliphatic carbocycles. The van der Waals surface area contributed by atoms with Crippen molar-refractivity contribution >= 4 is 32.5 Å². The molecule has 0 amide bonds. The van der Waals surface area contributed by atoms with Crippen LogP contribution in [0.25, 0.3) is 0 Å². The smallest absolute Gasteiger partial charge is 0.266 e. The second-order valence-corrected chi connectivity index (χ2v) is 9.67. The lowest BCUT2D eigenvalue weighted by Gasteiger charge is -2.26. The van der Waals surface area contributed by atoms with Crippen molar-refractivity contribution in [3.8, 4) is 5.75 Å². The Balaban J connectivity index is 1.65. The van der Waals surface area contributed by atoms with E-state index in [0.717, 1.165) is 23.7 Å². The first-order chi connectivity index (χ1) is 14.6. The molecule has 3 aromatic rings. The average Bonchev–Trinajstić information content (AvgIpc) is 3.20. The number of ether oxygens (including phenoxy) is 1. The van der Waals surface area contributed by atoms with Gasteiger partial charge in [0.05, 0.1) is 0 Å². The molecular formula is C20H19F2N3O4S2. The number of carbonyl (C=O) groups is 1. The van der Waals surface area contributed by atoms with Gasteiger partial charge >= 0.3 is 0 Å². The number of ketones is 1. The predicted octanol–water partition coefficient (Wildman–Crippen LogP) is 4.44. The highest BCUT2D eigenvalue weighted by Gasteiger charge is 2.24. The monoisotopic (exact) mass is 467 g/mol. The summed E-state index contributed by atoms with van der Waals surface area (Å²) < 4.78 is 63.7. The molecule has 0 radical (unpaired) electrons. The molecule has 1 heterocycles. The van der Waals surface area contributed by atoms with Crippen LogP contribution in [-0.4, -0.2) is 29.2 Å². The van der Waals surface area contributed by atoms with Crippen LogP contribution < -0.4 is 9.46 Å². The number of benzene rings is 2. The van der Waals surface area contributed by atoms with E-state index in [1.54, 1.807) is 13.8 Å². The number of carbonyl (C=O) groups excluding carboxylic acids is 1. The van der Waals surface area contributed by atoms with Crippen molar-refractivity contribution in [3.05, 3.63) is 66.0 Å². The van der Waals surface area contributed by atoms with Crippen LogP contribution >= 0.6 is 11.5 Å². The summed E-state index contributed by atoms with van der Waals surface area (Å²) in [4.78, 5) is 15.6. The molecule has 1 aromatic heterocycles. The van der Waals surface area contributed by atoms with Gasteiger partial charge in [0.2, 0.25) is 5.13 Å². The number of aromatic nitrogens is 2. The zero-order chi connectivity index (χ0) is 22.6. The Labute approximate surface area is 182 Å². The van der Waals surface area contributed by atoms with Gasteiger partial charge in [0, 0.05) is 23.5 Å². The highest BCUT2D eigenvalue weighted by atomic mass is 32.2. The molecule has 0 saturated heterocycles. The van der Waals surface area contributed by atoms with Crippen LogP contribution in [0.5, 0.6) is 5.75 Å². The predicted molar refractivity (Wildman–Crippen MR) is 112 cm³/mol. The number of nitrogens with zero attached hydrogens (tertiary/aromatic N) is 2. The number of Topliss-reactive ketones (excluding diaryl/α,β-unsaturated/α-hetero) is 1. The van der Waals surface area contributed by atoms with Gasteiger partial charge in [-0.25, -0.2) is 22.2 Å². The number of rotatable bonds is 9. The van der Waals surface area contributed by atoms with E-state index in [-0.39, 0.29) is 28.7 Å². The number of hydrogen-bond donors (Lipinski definition) is 1. The standard InChI is InChI=1S/C20H19F2N3O4S2/c1-20(2,29-15-6-4-14(21)5-7-15)10-9-17(26)13-3-8-18(16(22)11-13)31(27,28)25-19-23-12-24-30-19/h3-8,11-12H,9-10H2,1-2H3,(H,23,24,25). The molecule has 0 saturated carbocycles. The highest BCUT2D eigenvalue weighted by Crippen LogP contribution is 2.25. The minimum atomic E-state index is -4.20. The van der Waals surface area contributed by atoms with Crippen molar-refractivity contribution < 1.29 is 26.7 Å². The second kappa shape index (κ2) is 9.06. The van der Waals surface area contributed by atoms with Gasteiger partial charge in [0.25, 0.3) is 10.0 Å². The van der Waals surface area contributed by atoms with Gasteiger partial charge in [0.1, 0.15) is 34.2 Å². The summed E-state index contributed by atoms with van der Waals surface area (Å²) in [7, 11) is -4.20. The van der Waals surface area contributed by atoms with Crippen molar-refractivity contribution in [1.29, 1.82) is 0 Å². The summed E-state index contributed by atoms with van der Waals surface area (Å²) in [5.41, 5.74) is -0.689. The van der Waals surface area contributed by atoms with Gasteiger partial charge in [-0.2, -0.15) is 4.37 Å². The molecule has 2 aromatic carbocycles. The molecule has 0 atom stereocenters. The molecule has 0 bridgehead atoms. The summed E-state index contributed by atoms with van der Waals surface area (Å²) in [5.74, 6) is -1.34. The summed E-state index contributed by atoms with van der Waals surface area (Å²) in [6.07, 6.45) is 1.52. The Morgan fingerprint density at radius 3 is 2.48 bits per heavy atom. The minimum Gasteiger partial charge on any atom is -0.488 e. The molecule has 0 unspecified atom stereocenters. The van der Waals surface area contributed by atoms with Crippen LogP contribution in [0.3, 0.4) is 0 Å². The topological polar surface area (TPSA) is 98.2 Å². The van der Waals surface area contributed by atoms with Gasteiger partial charge in [0.15, 0.2) is 5.78 Å². The SMILES string of the molecule is CC(C)(CCC(=O)c1ccc(S(=O)(=O)Nc2ncns2)c(F)c1)Oc1ccc(F)cc1. The van der Waals surface area contributed by atoms with Crippen LogP contribution in [0.1, 0.15) is 37.0 Å². The van der Waals surface area contributed by atoms with E-state index < -0.39 is 26.3 Å². The van der Waals surface area contributed by atoms with E-state index >= 15 is 0 Å². The molecule has 0 aliphatic heterocycles. The fraction of sp³-hybridized carbons (Fsp3) is 0.250. The molecule has 1 N–H and O–H groups in total. The van der Waals surface area contributed by atoms with Crippen molar-refractivity contribution in [2.24, 2.45) is 0 Å². The zero-order valence-corrected chi connectivity index (χ0v) is 18.3. The molecule has 0 fully saturated rings. The lowest BCUT2D eigenvalue weighted by atomic mass is 9.97. The van der Waals surface area contributed by atoms with E-state index in [0.29, 0.717) is 12.2 Å². The number of halogens is 2. The Bertz CT molecular complexity index is 1170. The number of hydrogen-bond acceptors (Lipinski definition) is 7. The Hall–Kier alpha value is -2.92. The van der Waals surface area contributed by atoms with E-state index in [2.05, 4.69) is 14.1 Å². The minimum absolute atomic E-state index is 0.00272. The van der Waals surface area contributed by atoms with Crippen LogP contribution in [0, 0.1) is 11.6 Å². The van der Waals surface area contributed by atoms with Crippen molar-refractivity contribution in [3.63, 3.8) is 0 Å². The number of sulfonamides is 1. The first-order valence-corrected chi connectivity index (χ1v) is 11.4. The maximum Gasteiger partial charge on any atom is 0.266 e.